The highest BCUT2D eigenvalue weighted by molar-refractivity contribution is 7.09. The Balaban J connectivity index is 2.81. The number of nitrogen functional groups attached to an aromatic ring is 1. The Morgan fingerprint density at radius 2 is 2.13 bits per heavy atom. The quantitative estimate of drug-likeness (QED) is 0.765. The Bertz CT molecular complexity index is 287. The van der Waals surface area contributed by atoms with Crippen molar-refractivity contribution in [3.63, 3.8) is 0 Å². The molecule has 5 nitrogen and oxygen atoms in total. The molecule has 0 spiro atoms. The average molecular weight is 230 g/mol. The SMILES string of the molecule is CCC(CC)N(CCO)c1nc(N)ns1. The second-order valence-electron chi connectivity index (χ2n) is 3.32. The lowest BCUT2D eigenvalue weighted by atomic mass is 10.1. The van der Waals surface area contributed by atoms with Gasteiger partial charge in [0.2, 0.25) is 11.1 Å². The number of aromatic nitrogens is 2. The molecule has 0 aliphatic rings. The Labute approximate surface area is 94.1 Å². The van der Waals surface area contributed by atoms with Gasteiger partial charge in [-0.15, -0.1) is 0 Å². The molecule has 0 saturated carbocycles. The first-order chi connectivity index (χ1) is 7.22. The van der Waals surface area contributed by atoms with E-state index in [0.717, 1.165) is 18.0 Å². The third-order valence-corrected chi connectivity index (χ3v) is 3.17. The van der Waals surface area contributed by atoms with Gasteiger partial charge in [-0.2, -0.15) is 9.36 Å². The van der Waals surface area contributed by atoms with Crippen LogP contribution in [-0.2, 0) is 0 Å². The van der Waals surface area contributed by atoms with Crippen molar-refractivity contribution < 1.29 is 5.11 Å². The molecule has 0 saturated heterocycles. The van der Waals surface area contributed by atoms with Gasteiger partial charge in [0.25, 0.3) is 0 Å². The van der Waals surface area contributed by atoms with Gasteiger partial charge in [0.05, 0.1) is 6.61 Å². The van der Waals surface area contributed by atoms with Crippen LogP contribution in [0.4, 0.5) is 11.1 Å². The lowest BCUT2D eigenvalue weighted by Gasteiger charge is -2.28. The highest BCUT2D eigenvalue weighted by atomic mass is 32.1. The van der Waals surface area contributed by atoms with E-state index in [1.165, 1.54) is 11.5 Å². The Kier molecular flexibility index (Phi) is 4.77. The Hall–Kier alpha value is -0.880. The minimum absolute atomic E-state index is 0.121. The normalized spacial score (nSPS) is 10.9. The molecule has 1 aromatic rings. The molecule has 0 aliphatic heterocycles. The van der Waals surface area contributed by atoms with Crippen LogP contribution in [0.5, 0.6) is 0 Å². The van der Waals surface area contributed by atoms with E-state index in [1.54, 1.807) is 0 Å². The number of aliphatic hydroxyl groups is 1. The summed E-state index contributed by atoms with van der Waals surface area (Å²) in [6, 6.07) is 0.393. The summed E-state index contributed by atoms with van der Waals surface area (Å²) >= 11 is 1.29. The molecule has 0 aliphatic carbocycles. The molecule has 0 amide bonds. The smallest absolute Gasteiger partial charge is 0.233 e. The van der Waals surface area contributed by atoms with Gasteiger partial charge in [0.15, 0.2) is 0 Å². The minimum atomic E-state index is 0.121. The Morgan fingerprint density at radius 1 is 1.47 bits per heavy atom. The zero-order chi connectivity index (χ0) is 11.3. The fourth-order valence-electron chi connectivity index (χ4n) is 1.61. The fourth-order valence-corrected chi connectivity index (χ4v) is 2.31. The van der Waals surface area contributed by atoms with Gasteiger partial charge in [-0.05, 0) is 12.8 Å². The molecule has 0 atom stereocenters. The number of nitrogens with two attached hydrogens (primary N) is 1. The monoisotopic (exact) mass is 230 g/mol. The molecule has 0 radical (unpaired) electrons. The van der Waals surface area contributed by atoms with Crippen molar-refractivity contribution in [2.75, 3.05) is 23.8 Å². The summed E-state index contributed by atoms with van der Waals surface area (Å²) in [5.41, 5.74) is 5.49. The van der Waals surface area contributed by atoms with E-state index < -0.39 is 0 Å². The number of anilines is 2. The minimum Gasteiger partial charge on any atom is -0.395 e. The van der Waals surface area contributed by atoms with Crippen LogP contribution in [0.25, 0.3) is 0 Å². The summed E-state index contributed by atoms with van der Waals surface area (Å²) in [5.74, 6) is 0.309. The summed E-state index contributed by atoms with van der Waals surface area (Å²) in [4.78, 5) is 6.22. The molecular formula is C9H18N4OS. The molecule has 0 aromatic carbocycles. The molecule has 86 valence electrons. The number of aliphatic hydroxyl groups excluding tert-OH is 1. The zero-order valence-corrected chi connectivity index (χ0v) is 10.00. The van der Waals surface area contributed by atoms with Crippen LogP contribution in [0.1, 0.15) is 26.7 Å². The molecule has 0 fully saturated rings. The lowest BCUT2D eigenvalue weighted by molar-refractivity contribution is 0.296. The average Bonchev–Trinajstić information content (AvgIpc) is 2.65. The molecule has 0 bridgehead atoms. The summed E-state index contributed by atoms with van der Waals surface area (Å²) in [6.07, 6.45) is 2.05. The molecule has 6 heteroatoms. The highest BCUT2D eigenvalue weighted by Gasteiger charge is 2.18. The van der Waals surface area contributed by atoms with E-state index >= 15 is 0 Å². The number of hydrogen-bond donors (Lipinski definition) is 2. The number of hydrogen-bond acceptors (Lipinski definition) is 6. The van der Waals surface area contributed by atoms with Crippen molar-refractivity contribution in [1.29, 1.82) is 0 Å². The van der Waals surface area contributed by atoms with E-state index in [4.69, 9.17) is 10.8 Å². The van der Waals surface area contributed by atoms with Gasteiger partial charge < -0.3 is 15.7 Å². The van der Waals surface area contributed by atoms with Crippen molar-refractivity contribution in [3.8, 4) is 0 Å². The van der Waals surface area contributed by atoms with Crippen molar-refractivity contribution in [2.45, 2.75) is 32.7 Å². The first kappa shape index (κ1) is 12.2. The largest absolute Gasteiger partial charge is 0.395 e. The van der Waals surface area contributed by atoms with Crippen molar-refractivity contribution in [3.05, 3.63) is 0 Å². The second-order valence-corrected chi connectivity index (χ2v) is 4.05. The lowest BCUT2D eigenvalue weighted by Crippen LogP contribution is -2.36. The van der Waals surface area contributed by atoms with Gasteiger partial charge in [-0.3, -0.25) is 0 Å². The predicted molar refractivity (Wildman–Crippen MR) is 63.1 cm³/mol. The molecule has 1 heterocycles. The molecule has 1 rings (SSSR count). The van der Waals surface area contributed by atoms with Gasteiger partial charge in [0.1, 0.15) is 0 Å². The van der Waals surface area contributed by atoms with Gasteiger partial charge >= 0.3 is 0 Å². The van der Waals surface area contributed by atoms with Crippen LogP contribution in [0, 0.1) is 0 Å². The molecule has 0 unspecified atom stereocenters. The van der Waals surface area contributed by atoms with E-state index in [9.17, 15) is 0 Å². The maximum absolute atomic E-state index is 9.03. The second kappa shape index (κ2) is 5.87. The van der Waals surface area contributed by atoms with Crippen molar-refractivity contribution in [1.82, 2.24) is 9.36 Å². The van der Waals surface area contributed by atoms with Crippen LogP contribution in [0.3, 0.4) is 0 Å². The van der Waals surface area contributed by atoms with E-state index in [2.05, 4.69) is 28.1 Å². The highest BCUT2D eigenvalue weighted by Crippen LogP contribution is 2.22. The molecule has 3 N–H and O–H groups in total. The first-order valence-corrected chi connectivity index (χ1v) is 5.96. The molecule has 1 aromatic heterocycles. The Morgan fingerprint density at radius 3 is 2.53 bits per heavy atom. The summed E-state index contributed by atoms with van der Waals surface area (Å²) < 4.78 is 3.96. The van der Waals surface area contributed by atoms with Crippen LogP contribution in [0.2, 0.25) is 0 Å². The molecule has 15 heavy (non-hydrogen) atoms. The standard InChI is InChI=1S/C9H18N4OS/c1-3-7(4-2)13(5-6-14)9-11-8(10)12-15-9/h7,14H,3-6H2,1-2H3,(H2,10,12). The summed E-state index contributed by atoms with van der Waals surface area (Å²) in [5, 5.41) is 9.83. The van der Waals surface area contributed by atoms with Crippen LogP contribution < -0.4 is 10.6 Å². The van der Waals surface area contributed by atoms with E-state index in [0.29, 0.717) is 18.5 Å². The molecular weight excluding hydrogens is 212 g/mol. The topological polar surface area (TPSA) is 75.3 Å². The maximum atomic E-state index is 9.03. The van der Waals surface area contributed by atoms with Crippen LogP contribution in [0.15, 0.2) is 0 Å². The van der Waals surface area contributed by atoms with Gasteiger partial charge in [0, 0.05) is 24.1 Å². The van der Waals surface area contributed by atoms with Crippen molar-refractivity contribution in [2.24, 2.45) is 0 Å². The number of nitrogens with zero attached hydrogens (tertiary/aromatic N) is 3. The van der Waals surface area contributed by atoms with Crippen molar-refractivity contribution >= 4 is 22.6 Å². The third kappa shape index (κ3) is 3.04. The predicted octanol–water partition coefficient (Wildman–Crippen LogP) is 1.11. The fraction of sp³-hybridized carbons (Fsp3) is 0.778. The first-order valence-electron chi connectivity index (χ1n) is 5.19. The summed E-state index contributed by atoms with van der Waals surface area (Å²) in [7, 11) is 0. The van der Waals surface area contributed by atoms with Crippen LogP contribution >= 0.6 is 11.5 Å². The summed E-state index contributed by atoms with van der Waals surface area (Å²) in [6.45, 7) is 4.96. The van der Waals surface area contributed by atoms with Gasteiger partial charge in [-0.25, -0.2) is 0 Å². The third-order valence-electron chi connectivity index (χ3n) is 2.40. The zero-order valence-electron chi connectivity index (χ0n) is 9.18. The maximum Gasteiger partial charge on any atom is 0.233 e. The van der Waals surface area contributed by atoms with E-state index in [1.807, 2.05) is 0 Å². The van der Waals surface area contributed by atoms with Crippen LogP contribution in [-0.4, -0.2) is 33.7 Å². The van der Waals surface area contributed by atoms with Gasteiger partial charge in [-0.1, -0.05) is 13.8 Å². The van der Waals surface area contributed by atoms with E-state index in [-0.39, 0.29) is 6.61 Å². The number of rotatable bonds is 6.